The number of nitrogens with one attached hydrogen (secondary N) is 1. The first-order valence-corrected chi connectivity index (χ1v) is 7.24. The van der Waals surface area contributed by atoms with Crippen molar-refractivity contribution in [1.82, 2.24) is 10.2 Å². The summed E-state index contributed by atoms with van der Waals surface area (Å²) in [6.45, 7) is 10.1. The van der Waals surface area contributed by atoms with Gasteiger partial charge < -0.3 is 5.32 Å². The first-order chi connectivity index (χ1) is 8.70. The Hall–Kier alpha value is -0.860. The summed E-state index contributed by atoms with van der Waals surface area (Å²) >= 11 is 0. The zero-order valence-corrected chi connectivity index (χ0v) is 11.9. The number of likely N-dealkylation sites (N-methyl/N-ethyl adjacent to an activating group) is 1. The molecule has 0 spiro atoms. The highest BCUT2D eigenvalue weighted by Crippen LogP contribution is 2.25. The summed E-state index contributed by atoms with van der Waals surface area (Å²) in [5.41, 5.74) is 2.71. The lowest BCUT2D eigenvalue weighted by molar-refractivity contribution is 0.273. The van der Waals surface area contributed by atoms with Crippen molar-refractivity contribution in [3.63, 3.8) is 0 Å². The molecule has 1 aromatic carbocycles. The van der Waals surface area contributed by atoms with Crippen LogP contribution in [0.1, 0.15) is 43.9 Å². The second-order valence-corrected chi connectivity index (χ2v) is 5.45. The molecule has 0 radical (unpaired) electrons. The summed E-state index contributed by atoms with van der Waals surface area (Å²) in [7, 11) is 0. The fourth-order valence-electron chi connectivity index (χ4n) is 2.44. The molecule has 100 valence electrons. The largest absolute Gasteiger partial charge is 0.309 e. The van der Waals surface area contributed by atoms with Gasteiger partial charge in [0.2, 0.25) is 0 Å². The topological polar surface area (TPSA) is 15.3 Å². The second-order valence-electron chi connectivity index (χ2n) is 5.45. The van der Waals surface area contributed by atoms with Gasteiger partial charge in [-0.1, -0.05) is 36.8 Å². The Kier molecular flexibility index (Phi) is 4.79. The van der Waals surface area contributed by atoms with E-state index in [9.17, 15) is 0 Å². The van der Waals surface area contributed by atoms with E-state index in [2.05, 4.69) is 55.3 Å². The van der Waals surface area contributed by atoms with Gasteiger partial charge in [-0.15, -0.1) is 0 Å². The third-order valence-electron chi connectivity index (χ3n) is 3.90. The number of aryl methyl sites for hydroxylation is 1. The molecule has 0 heterocycles. The van der Waals surface area contributed by atoms with Crippen LogP contribution in [0.4, 0.5) is 0 Å². The van der Waals surface area contributed by atoms with Gasteiger partial charge in [0.1, 0.15) is 0 Å². The van der Waals surface area contributed by atoms with Gasteiger partial charge in [-0.05, 0) is 38.8 Å². The zero-order valence-electron chi connectivity index (χ0n) is 11.9. The predicted octanol–water partition coefficient (Wildman–Crippen LogP) is 3.13. The summed E-state index contributed by atoms with van der Waals surface area (Å²) in [5.74, 6) is 0. The van der Waals surface area contributed by atoms with Gasteiger partial charge in [-0.2, -0.15) is 0 Å². The lowest BCUT2D eigenvalue weighted by Crippen LogP contribution is -2.34. The first-order valence-electron chi connectivity index (χ1n) is 7.24. The molecule has 2 heteroatoms. The van der Waals surface area contributed by atoms with E-state index in [1.165, 1.54) is 37.1 Å². The minimum Gasteiger partial charge on any atom is -0.309 e. The number of rotatable bonds is 7. The minimum absolute atomic E-state index is 0.448. The summed E-state index contributed by atoms with van der Waals surface area (Å²) in [4.78, 5) is 2.59. The van der Waals surface area contributed by atoms with Crippen molar-refractivity contribution in [2.75, 3.05) is 19.6 Å². The number of benzene rings is 1. The van der Waals surface area contributed by atoms with Crippen LogP contribution in [-0.4, -0.2) is 30.6 Å². The summed E-state index contributed by atoms with van der Waals surface area (Å²) < 4.78 is 0. The molecular weight excluding hydrogens is 220 g/mol. The Balaban J connectivity index is 1.73. The van der Waals surface area contributed by atoms with Crippen LogP contribution in [0.15, 0.2) is 24.3 Å². The smallest absolute Gasteiger partial charge is 0.0292 e. The van der Waals surface area contributed by atoms with Crippen molar-refractivity contribution in [2.45, 2.75) is 45.7 Å². The highest BCUT2D eigenvalue weighted by atomic mass is 15.2. The first kappa shape index (κ1) is 13.6. The molecular formula is C16H26N2. The molecule has 1 unspecified atom stereocenters. The van der Waals surface area contributed by atoms with Crippen LogP contribution in [0.3, 0.4) is 0 Å². The standard InChI is InChI=1S/C16H26N2/c1-4-18(16-9-10-16)12-11-17-14(3)15-7-5-13(2)6-8-15/h5-8,14,16-17H,4,9-12H2,1-3H3. The van der Waals surface area contributed by atoms with Gasteiger partial charge in [-0.3, -0.25) is 4.90 Å². The molecule has 2 rings (SSSR count). The molecule has 0 saturated heterocycles. The maximum atomic E-state index is 3.62. The molecule has 1 saturated carbocycles. The van der Waals surface area contributed by atoms with Gasteiger partial charge in [0.25, 0.3) is 0 Å². The molecule has 1 N–H and O–H groups in total. The highest BCUT2D eigenvalue weighted by molar-refractivity contribution is 5.23. The normalized spacial score (nSPS) is 17.1. The van der Waals surface area contributed by atoms with E-state index in [0.29, 0.717) is 6.04 Å². The zero-order chi connectivity index (χ0) is 13.0. The van der Waals surface area contributed by atoms with Crippen LogP contribution >= 0.6 is 0 Å². The van der Waals surface area contributed by atoms with E-state index in [-0.39, 0.29) is 0 Å². The Morgan fingerprint density at radius 3 is 2.50 bits per heavy atom. The average molecular weight is 246 g/mol. The van der Waals surface area contributed by atoms with Crippen LogP contribution in [0, 0.1) is 6.92 Å². The number of hydrogen-bond donors (Lipinski definition) is 1. The molecule has 1 atom stereocenters. The maximum Gasteiger partial charge on any atom is 0.0292 e. The molecule has 1 aliphatic rings. The van der Waals surface area contributed by atoms with E-state index < -0.39 is 0 Å². The van der Waals surface area contributed by atoms with Crippen molar-refractivity contribution >= 4 is 0 Å². The van der Waals surface area contributed by atoms with E-state index in [0.717, 1.165) is 12.6 Å². The molecule has 1 fully saturated rings. The van der Waals surface area contributed by atoms with E-state index in [1.807, 2.05) is 0 Å². The van der Waals surface area contributed by atoms with Gasteiger partial charge >= 0.3 is 0 Å². The highest BCUT2D eigenvalue weighted by Gasteiger charge is 2.27. The van der Waals surface area contributed by atoms with Crippen molar-refractivity contribution in [2.24, 2.45) is 0 Å². The molecule has 0 bridgehead atoms. The predicted molar refractivity (Wildman–Crippen MR) is 77.9 cm³/mol. The number of nitrogens with zero attached hydrogens (tertiary/aromatic N) is 1. The van der Waals surface area contributed by atoms with Crippen molar-refractivity contribution < 1.29 is 0 Å². The quantitative estimate of drug-likeness (QED) is 0.795. The third kappa shape index (κ3) is 3.82. The Morgan fingerprint density at radius 1 is 1.28 bits per heavy atom. The monoisotopic (exact) mass is 246 g/mol. The lowest BCUT2D eigenvalue weighted by atomic mass is 10.1. The van der Waals surface area contributed by atoms with Gasteiger partial charge in [-0.25, -0.2) is 0 Å². The van der Waals surface area contributed by atoms with Crippen molar-refractivity contribution in [1.29, 1.82) is 0 Å². The van der Waals surface area contributed by atoms with Gasteiger partial charge in [0.05, 0.1) is 0 Å². The fourth-order valence-corrected chi connectivity index (χ4v) is 2.44. The van der Waals surface area contributed by atoms with Crippen molar-refractivity contribution in [3.8, 4) is 0 Å². The summed E-state index contributed by atoms with van der Waals surface area (Å²) in [5, 5.41) is 3.62. The van der Waals surface area contributed by atoms with Crippen LogP contribution in [0.5, 0.6) is 0 Å². The third-order valence-corrected chi connectivity index (χ3v) is 3.90. The van der Waals surface area contributed by atoms with Crippen LogP contribution in [0.25, 0.3) is 0 Å². The molecule has 18 heavy (non-hydrogen) atoms. The average Bonchev–Trinajstić information content (AvgIpc) is 3.19. The molecule has 1 aliphatic carbocycles. The molecule has 0 aromatic heterocycles. The fraction of sp³-hybridized carbons (Fsp3) is 0.625. The Morgan fingerprint density at radius 2 is 1.94 bits per heavy atom. The molecule has 1 aromatic rings. The van der Waals surface area contributed by atoms with Crippen LogP contribution in [0.2, 0.25) is 0 Å². The van der Waals surface area contributed by atoms with Crippen LogP contribution < -0.4 is 5.32 Å². The molecule has 0 amide bonds. The maximum absolute atomic E-state index is 3.62. The SMILES string of the molecule is CCN(CCNC(C)c1ccc(C)cc1)C1CC1. The van der Waals surface area contributed by atoms with Gasteiger partial charge in [0.15, 0.2) is 0 Å². The van der Waals surface area contributed by atoms with Crippen molar-refractivity contribution in [3.05, 3.63) is 35.4 Å². The van der Waals surface area contributed by atoms with E-state index in [4.69, 9.17) is 0 Å². The Bertz CT molecular complexity index is 354. The summed E-state index contributed by atoms with van der Waals surface area (Å²) in [6.07, 6.45) is 2.81. The van der Waals surface area contributed by atoms with E-state index >= 15 is 0 Å². The lowest BCUT2D eigenvalue weighted by Gasteiger charge is -2.22. The number of hydrogen-bond acceptors (Lipinski definition) is 2. The second kappa shape index (κ2) is 6.35. The van der Waals surface area contributed by atoms with Crippen LogP contribution in [-0.2, 0) is 0 Å². The molecule has 2 nitrogen and oxygen atoms in total. The summed E-state index contributed by atoms with van der Waals surface area (Å²) in [6, 6.07) is 10.2. The van der Waals surface area contributed by atoms with Gasteiger partial charge in [0, 0.05) is 25.2 Å². The van der Waals surface area contributed by atoms with E-state index in [1.54, 1.807) is 0 Å². The molecule has 0 aliphatic heterocycles. The Labute approximate surface area is 111 Å². The minimum atomic E-state index is 0.448.